The molecule has 0 heterocycles. The molecule has 0 spiro atoms. The van der Waals surface area contributed by atoms with E-state index in [2.05, 4.69) is 6.07 Å². The van der Waals surface area contributed by atoms with Crippen molar-refractivity contribution in [2.45, 2.75) is 66.6 Å². The summed E-state index contributed by atoms with van der Waals surface area (Å²) in [7, 11) is 0. The summed E-state index contributed by atoms with van der Waals surface area (Å²) in [5.74, 6) is 0. The molecule has 0 amide bonds. The fourth-order valence-electron chi connectivity index (χ4n) is 2.22. The van der Waals surface area contributed by atoms with Crippen molar-refractivity contribution in [1.82, 2.24) is 0 Å². The zero-order valence-electron chi connectivity index (χ0n) is 13.8. The Balaban J connectivity index is 2.87. The van der Waals surface area contributed by atoms with Crippen LogP contribution in [0, 0.1) is 10.8 Å². The van der Waals surface area contributed by atoms with E-state index in [9.17, 15) is 10.2 Å². The molecule has 2 N–H and O–H groups in total. The van der Waals surface area contributed by atoms with E-state index in [1.165, 1.54) is 0 Å². The van der Waals surface area contributed by atoms with Crippen molar-refractivity contribution < 1.29 is 10.2 Å². The van der Waals surface area contributed by atoms with E-state index >= 15 is 0 Å². The Bertz CT molecular complexity index is 424. The molecule has 0 aliphatic heterocycles. The van der Waals surface area contributed by atoms with E-state index in [0.29, 0.717) is 0 Å². The van der Waals surface area contributed by atoms with Crippen LogP contribution in [0.2, 0.25) is 0 Å². The molecule has 2 atom stereocenters. The van der Waals surface area contributed by atoms with Gasteiger partial charge < -0.3 is 10.2 Å². The lowest BCUT2D eigenvalue weighted by Gasteiger charge is -2.29. The number of aliphatic hydroxyl groups is 2. The molecule has 1 aromatic carbocycles. The molecule has 114 valence electrons. The molecule has 0 saturated carbocycles. The number of hydrogen-bond acceptors (Lipinski definition) is 2. The van der Waals surface area contributed by atoms with Crippen LogP contribution >= 0.6 is 0 Å². The molecule has 0 saturated heterocycles. The average molecular weight is 278 g/mol. The van der Waals surface area contributed by atoms with Gasteiger partial charge in [-0.25, -0.2) is 0 Å². The summed E-state index contributed by atoms with van der Waals surface area (Å²) in [6, 6.07) is 8.01. The third-order valence-electron chi connectivity index (χ3n) is 3.86. The van der Waals surface area contributed by atoms with Crippen molar-refractivity contribution in [2.24, 2.45) is 10.8 Å². The topological polar surface area (TPSA) is 40.5 Å². The zero-order chi connectivity index (χ0) is 15.6. The lowest BCUT2D eigenvalue weighted by Crippen LogP contribution is -2.26. The highest BCUT2D eigenvalue weighted by atomic mass is 16.3. The molecular formula is C18H30O2. The van der Waals surface area contributed by atoms with Crippen molar-refractivity contribution in [3.05, 3.63) is 35.4 Å². The highest BCUT2D eigenvalue weighted by Crippen LogP contribution is 2.35. The first-order valence-corrected chi connectivity index (χ1v) is 7.47. The Morgan fingerprint density at radius 1 is 0.900 bits per heavy atom. The van der Waals surface area contributed by atoms with Crippen LogP contribution in [0.3, 0.4) is 0 Å². The second-order valence-corrected chi connectivity index (χ2v) is 7.89. The number of aryl methyl sites for hydroxylation is 1. The summed E-state index contributed by atoms with van der Waals surface area (Å²) in [6.07, 6.45) is 0.701. The minimum Gasteiger partial charge on any atom is -0.393 e. The second kappa shape index (κ2) is 6.28. The predicted octanol–water partition coefficient (Wildman–Crippen LogP) is 4.11. The molecular weight excluding hydrogens is 248 g/mol. The third kappa shape index (κ3) is 4.60. The van der Waals surface area contributed by atoms with Crippen LogP contribution in [0.25, 0.3) is 0 Å². The van der Waals surface area contributed by atoms with Crippen LogP contribution in [0.4, 0.5) is 0 Å². The lowest BCUT2D eigenvalue weighted by molar-refractivity contribution is 0.0532. The van der Waals surface area contributed by atoms with Crippen molar-refractivity contribution in [2.75, 3.05) is 0 Å². The summed E-state index contributed by atoms with van der Waals surface area (Å²) in [6.45, 7) is 12.3. The number of rotatable bonds is 4. The molecule has 0 aliphatic rings. The minimum absolute atomic E-state index is 0.0996. The van der Waals surface area contributed by atoms with Gasteiger partial charge in [-0.15, -0.1) is 0 Å². The molecule has 1 aromatic rings. The monoisotopic (exact) mass is 278 g/mol. The minimum atomic E-state index is -0.481. The predicted molar refractivity (Wildman–Crippen MR) is 84.6 cm³/mol. The fourth-order valence-corrected chi connectivity index (χ4v) is 2.22. The van der Waals surface area contributed by atoms with Crippen molar-refractivity contribution in [1.29, 1.82) is 0 Å². The van der Waals surface area contributed by atoms with Gasteiger partial charge in [-0.05, 0) is 34.8 Å². The van der Waals surface area contributed by atoms with Gasteiger partial charge in [0.2, 0.25) is 0 Å². The van der Waals surface area contributed by atoms with Crippen LogP contribution in [0.1, 0.15) is 65.2 Å². The van der Waals surface area contributed by atoms with Gasteiger partial charge in [-0.2, -0.15) is 0 Å². The lowest BCUT2D eigenvalue weighted by atomic mass is 9.81. The second-order valence-electron chi connectivity index (χ2n) is 7.89. The molecule has 0 radical (unpaired) electrons. The molecule has 0 aliphatic carbocycles. The third-order valence-corrected chi connectivity index (χ3v) is 3.86. The SMILES string of the molecule is CC(C)(C)[C@H](O)CCc1ccccc1[C@H](O)C(C)(C)C. The molecule has 1 rings (SSSR count). The van der Waals surface area contributed by atoms with Crippen LogP contribution < -0.4 is 0 Å². The molecule has 20 heavy (non-hydrogen) atoms. The van der Waals surface area contributed by atoms with E-state index < -0.39 is 6.10 Å². The van der Waals surface area contributed by atoms with Crippen molar-refractivity contribution in [3.8, 4) is 0 Å². The smallest absolute Gasteiger partial charge is 0.0840 e. The fraction of sp³-hybridized carbons (Fsp3) is 0.667. The summed E-state index contributed by atoms with van der Waals surface area (Å²) in [5, 5.41) is 20.7. The normalized spacial score (nSPS) is 16.0. The Morgan fingerprint density at radius 2 is 1.45 bits per heavy atom. The van der Waals surface area contributed by atoms with Crippen molar-refractivity contribution >= 4 is 0 Å². The van der Waals surface area contributed by atoms with Gasteiger partial charge in [0.1, 0.15) is 0 Å². The molecule has 0 bridgehead atoms. The largest absolute Gasteiger partial charge is 0.393 e. The first-order chi connectivity index (χ1) is 9.03. The van der Waals surface area contributed by atoms with E-state index in [1.54, 1.807) is 0 Å². The molecule has 0 unspecified atom stereocenters. The highest BCUT2D eigenvalue weighted by molar-refractivity contribution is 5.30. The van der Waals surface area contributed by atoms with E-state index in [-0.39, 0.29) is 16.9 Å². The average Bonchev–Trinajstić information content (AvgIpc) is 2.33. The van der Waals surface area contributed by atoms with E-state index in [4.69, 9.17) is 0 Å². The molecule has 2 heteroatoms. The first-order valence-electron chi connectivity index (χ1n) is 7.47. The van der Waals surface area contributed by atoms with Crippen molar-refractivity contribution in [3.63, 3.8) is 0 Å². The van der Waals surface area contributed by atoms with Crippen LogP contribution in [-0.2, 0) is 6.42 Å². The van der Waals surface area contributed by atoms with Gasteiger partial charge in [0, 0.05) is 0 Å². The van der Waals surface area contributed by atoms with E-state index in [1.807, 2.05) is 59.7 Å². The van der Waals surface area contributed by atoms with Gasteiger partial charge in [0.05, 0.1) is 12.2 Å². The van der Waals surface area contributed by atoms with E-state index in [0.717, 1.165) is 24.0 Å². The molecule has 2 nitrogen and oxygen atoms in total. The maximum absolute atomic E-state index is 10.5. The summed E-state index contributed by atoms with van der Waals surface area (Å²) >= 11 is 0. The maximum Gasteiger partial charge on any atom is 0.0840 e. The number of benzene rings is 1. The standard InChI is InChI=1S/C18H30O2/c1-17(2,3)15(19)12-11-13-9-7-8-10-14(13)16(20)18(4,5)6/h7-10,15-16,19-20H,11-12H2,1-6H3/t15-,16+/m1/s1. The molecule has 0 aromatic heterocycles. The summed E-state index contributed by atoms with van der Waals surface area (Å²) < 4.78 is 0. The van der Waals surface area contributed by atoms with Crippen LogP contribution in [-0.4, -0.2) is 16.3 Å². The van der Waals surface area contributed by atoms with Crippen LogP contribution in [0.15, 0.2) is 24.3 Å². The van der Waals surface area contributed by atoms with Gasteiger partial charge in [-0.1, -0.05) is 65.8 Å². The van der Waals surface area contributed by atoms with Gasteiger partial charge in [-0.3, -0.25) is 0 Å². The Morgan fingerprint density at radius 3 is 1.95 bits per heavy atom. The highest BCUT2D eigenvalue weighted by Gasteiger charge is 2.26. The molecule has 0 fully saturated rings. The van der Waals surface area contributed by atoms with Gasteiger partial charge in [0.15, 0.2) is 0 Å². The maximum atomic E-state index is 10.5. The summed E-state index contributed by atoms with van der Waals surface area (Å²) in [4.78, 5) is 0. The Labute approximate surface area is 123 Å². The summed E-state index contributed by atoms with van der Waals surface area (Å²) in [5.41, 5.74) is 1.84. The Hall–Kier alpha value is -0.860. The van der Waals surface area contributed by atoms with Gasteiger partial charge >= 0.3 is 0 Å². The van der Waals surface area contributed by atoms with Crippen LogP contribution in [0.5, 0.6) is 0 Å². The number of hydrogen-bond donors (Lipinski definition) is 2. The Kier molecular flexibility index (Phi) is 5.39. The first kappa shape index (κ1) is 17.2. The van der Waals surface area contributed by atoms with Gasteiger partial charge in [0.25, 0.3) is 0 Å². The zero-order valence-corrected chi connectivity index (χ0v) is 13.8. The number of aliphatic hydroxyl groups excluding tert-OH is 2. The quantitative estimate of drug-likeness (QED) is 0.870.